The van der Waals surface area contributed by atoms with Crippen LogP contribution in [-0.4, -0.2) is 0 Å². The van der Waals surface area contributed by atoms with Gasteiger partial charge in [-0.05, 0) is 30.2 Å². The SMILES string of the molecule is Cc1cccc(/C(F)=C\C(c2ccccc2)c2ccccc2)c1. The van der Waals surface area contributed by atoms with E-state index >= 15 is 0 Å². The number of allylic oxidation sites excluding steroid dienone is 1. The van der Waals surface area contributed by atoms with E-state index in [4.69, 9.17) is 0 Å². The zero-order valence-corrected chi connectivity index (χ0v) is 13.1. The predicted molar refractivity (Wildman–Crippen MR) is 95.0 cm³/mol. The van der Waals surface area contributed by atoms with Crippen molar-refractivity contribution in [2.24, 2.45) is 0 Å². The first kappa shape index (κ1) is 15.2. The van der Waals surface area contributed by atoms with Crippen LogP contribution in [0, 0.1) is 6.92 Å². The van der Waals surface area contributed by atoms with Gasteiger partial charge in [0.15, 0.2) is 0 Å². The summed E-state index contributed by atoms with van der Waals surface area (Å²) in [5.74, 6) is -0.288. The fourth-order valence-corrected chi connectivity index (χ4v) is 2.74. The van der Waals surface area contributed by atoms with Crippen LogP contribution in [0.3, 0.4) is 0 Å². The summed E-state index contributed by atoms with van der Waals surface area (Å²) in [6, 6.07) is 27.6. The fourth-order valence-electron chi connectivity index (χ4n) is 2.74. The van der Waals surface area contributed by atoms with Gasteiger partial charge in [-0.1, -0.05) is 84.4 Å². The normalized spacial score (nSPS) is 11.7. The van der Waals surface area contributed by atoms with Gasteiger partial charge in [-0.15, -0.1) is 0 Å². The summed E-state index contributed by atoms with van der Waals surface area (Å²) in [4.78, 5) is 0. The molecule has 3 aromatic rings. The Labute approximate surface area is 136 Å². The van der Waals surface area contributed by atoms with Crippen LogP contribution in [0.2, 0.25) is 0 Å². The topological polar surface area (TPSA) is 0 Å². The largest absolute Gasteiger partial charge is 0.207 e. The second kappa shape index (κ2) is 7.06. The van der Waals surface area contributed by atoms with Gasteiger partial charge < -0.3 is 0 Å². The fraction of sp³-hybridized carbons (Fsp3) is 0.0909. The van der Waals surface area contributed by atoms with Crippen LogP contribution in [0.5, 0.6) is 0 Å². The molecule has 0 aliphatic rings. The maximum atomic E-state index is 14.8. The van der Waals surface area contributed by atoms with E-state index in [-0.39, 0.29) is 11.7 Å². The molecule has 0 atom stereocenters. The van der Waals surface area contributed by atoms with Crippen LogP contribution in [0.25, 0.3) is 5.83 Å². The maximum absolute atomic E-state index is 14.8. The van der Waals surface area contributed by atoms with E-state index in [0.29, 0.717) is 5.56 Å². The van der Waals surface area contributed by atoms with Crippen molar-refractivity contribution in [2.45, 2.75) is 12.8 Å². The third-order valence-corrected chi connectivity index (χ3v) is 3.92. The maximum Gasteiger partial charge on any atom is 0.127 e. The molecule has 0 amide bonds. The number of halogens is 1. The van der Waals surface area contributed by atoms with Crippen molar-refractivity contribution >= 4 is 5.83 Å². The van der Waals surface area contributed by atoms with Gasteiger partial charge >= 0.3 is 0 Å². The molecule has 0 heterocycles. The Morgan fingerprint density at radius 3 is 1.87 bits per heavy atom. The van der Waals surface area contributed by atoms with Crippen LogP contribution >= 0.6 is 0 Å². The summed E-state index contributed by atoms with van der Waals surface area (Å²) >= 11 is 0. The molecule has 0 bridgehead atoms. The third kappa shape index (κ3) is 3.75. The molecule has 1 heteroatoms. The van der Waals surface area contributed by atoms with Crippen LogP contribution in [0.4, 0.5) is 4.39 Å². The third-order valence-electron chi connectivity index (χ3n) is 3.92. The van der Waals surface area contributed by atoms with Gasteiger partial charge in [0.2, 0.25) is 0 Å². The molecule has 0 aliphatic heterocycles. The summed E-state index contributed by atoms with van der Waals surface area (Å²) in [5.41, 5.74) is 3.85. The van der Waals surface area contributed by atoms with Crippen molar-refractivity contribution in [2.75, 3.05) is 0 Å². The lowest BCUT2D eigenvalue weighted by molar-refractivity contribution is 0.750. The Bertz CT molecular complexity index is 749. The highest BCUT2D eigenvalue weighted by atomic mass is 19.1. The second-order valence-electron chi connectivity index (χ2n) is 5.68. The van der Waals surface area contributed by atoms with E-state index in [9.17, 15) is 4.39 Å². The van der Waals surface area contributed by atoms with E-state index in [1.165, 1.54) is 0 Å². The smallest absolute Gasteiger partial charge is 0.127 e. The molecule has 0 saturated carbocycles. The number of hydrogen-bond donors (Lipinski definition) is 0. The minimum absolute atomic E-state index is 0.0992. The zero-order chi connectivity index (χ0) is 16.1. The first-order chi connectivity index (χ1) is 11.2. The molecular weight excluding hydrogens is 283 g/mol. The molecule has 0 unspecified atom stereocenters. The molecular formula is C22H19F. The van der Waals surface area contributed by atoms with E-state index in [1.54, 1.807) is 6.08 Å². The molecule has 114 valence electrons. The van der Waals surface area contributed by atoms with Gasteiger partial charge in [-0.3, -0.25) is 0 Å². The standard InChI is InChI=1S/C22H19F/c1-17-9-8-14-20(15-17)22(23)16-21(18-10-4-2-5-11-18)19-12-6-3-7-13-19/h2-16,21H,1H3/b22-16+. The lowest BCUT2D eigenvalue weighted by atomic mass is 9.90. The number of rotatable bonds is 4. The Hall–Kier alpha value is -2.67. The molecule has 0 N–H and O–H groups in total. The van der Waals surface area contributed by atoms with Gasteiger partial charge in [-0.25, -0.2) is 4.39 Å². The lowest BCUT2D eigenvalue weighted by Gasteiger charge is -2.14. The highest BCUT2D eigenvalue weighted by Crippen LogP contribution is 2.30. The molecule has 0 nitrogen and oxygen atoms in total. The summed E-state index contributed by atoms with van der Waals surface area (Å²) in [6.07, 6.45) is 1.71. The van der Waals surface area contributed by atoms with Gasteiger partial charge in [0, 0.05) is 11.5 Å². The highest BCUT2D eigenvalue weighted by Gasteiger charge is 2.13. The van der Waals surface area contributed by atoms with E-state index < -0.39 is 0 Å². The Morgan fingerprint density at radius 2 is 1.35 bits per heavy atom. The van der Waals surface area contributed by atoms with E-state index in [0.717, 1.165) is 16.7 Å². The van der Waals surface area contributed by atoms with Crippen LogP contribution in [0.15, 0.2) is 91.0 Å². The Balaban J connectivity index is 2.04. The summed E-state index contributed by atoms with van der Waals surface area (Å²) < 4.78 is 14.8. The van der Waals surface area contributed by atoms with Crippen LogP contribution < -0.4 is 0 Å². The first-order valence-corrected chi connectivity index (χ1v) is 7.78. The number of benzene rings is 3. The highest BCUT2D eigenvalue weighted by molar-refractivity contribution is 5.62. The first-order valence-electron chi connectivity index (χ1n) is 7.78. The van der Waals surface area contributed by atoms with Crippen molar-refractivity contribution in [1.82, 2.24) is 0 Å². The van der Waals surface area contributed by atoms with Crippen LogP contribution in [0.1, 0.15) is 28.2 Å². The summed E-state index contributed by atoms with van der Waals surface area (Å²) in [7, 11) is 0. The van der Waals surface area contributed by atoms with Crippen molar-refractivity contribution < 1.29 is 4.39 Å². The molecule has 0 spiro atoms. The van der Waals surface area contributed by atoms with Gasteiger partial charge in [0.25, 0.3) is 0 Å². The van der Waals surface area contributed by atoms with Crippen molar-refractivity contribution in [3.8, 4) is 0 Å². The quantitative estimate of drug-likeness (QED) is 0.543. The molecule has 3 aromatic carbocycles. The van der Waals surface area contributed by atoms with E-state index in [1.807, 2.05) is 91.9 Å². The molecule has 3 rings (SSSR count). The summed E-state index contributed by atoms with van der Waals surface area (Å²) in [6.45, 7) is 1.97. The van der Waals surface area contributed by atoms with E-state index in [2.05, 4.69) is 0 Å². The molecule has 0 radical (unpaired) electrons. The molecule has 0 saturated heterocycles. The average molecular weight is 302 g/mol. The van der Waals surface area contributed by atoms with Gasteiger partial charge in [0.1, 0.15) is 5.83 Å². The van der Waals surface area contributed by atoms with Crippen molar-refractivity contribution in [3.05, 3.63) is 113 Å². The zero-order valence-electron chi connectivity index (χ0n) is 13.1. The Morgan fingerprint density at radius 1 is 0.783 bits per heavy atom. The lowest BCUT2D eigenvalue weighted by Crippen LogP contribution is -1.98. The second-order valence-corrected chi connectivity index (χ2v) is 5.68. The van der Waals surface area contributed by atoms with Crippen LogP contribution in [-0.2, 0) is 0 Å². The monoisotopic (exact) mass is 302 g/mol. The minimum atomic E-state index is -0.189. The average Bonchev–Trinajstić information content (AvgIpc) is 2.61. The number of hydrogen-bond acceptors (Lipinski definition) is 0. The van der Waals surface area contributed by atoms with Gasteiger partial charge in [-0.2, -0.15) is 0 Å². The predicted octanol–water partition coefficient (Wildman–Crippen LogP) is 6.14. The summed E-state index contributed by atoms with van der Waals surface area (Å²) in [5, 5.41) is 0. The Kier molecular flexibility index (Phi) is 4.68. The molecule has 0 aliphatic carbocycles. The van der Waals surface area contributed by atoms with Gasteiger partial charge in [0.05, 0.1) is 0 Å². The molecule has 0 aromatic heterocycles. The molecule has 23 heavy (non-hydrogen) atoms. The molecule has 0 fully saturated rings. The minimum Gasteiger partial charge on any atom is -0.207 e. The van der Waals surface area contributed by atoms with Crippen molar-refractivity contribution in [3.63, 3.8) is 0 Å². The number of aryl methyl sites for hydroxylation is 1. The van der Waals surface area contributed by atoms with Crippen molar-refractivity contribution in [1.29, 1.82) is 0 Å².